The topological polar surface area (TPSA) is 363 Å². The molecule has 0 spiro atoms. The molecule has 29 heteroatoms. The number of nitrogens with zero attached hydrogens (tertiary/aromatic N) is 4. The summed E-state index contributed by atoms with van der Waals surface area (Å²) in [5, 5.41) is 12.8. The SMILES string of the molecule is CC(C)C1CC(=O)N(CCCC(=O)CCC(=O)NCC(=O)CCC(=O)NCCC(=O)NCCN2C(=O)CC(C(C)C)C2=O)C1=O.CC(C)SCCC(C(=O)NCCN1C(=O)CC(C(C)C)C1=O)S(C)(=O)=O.CC(C)SCCCC(=O)NCCN1C(=O)CC(C(C)C)C1=O. The third kappa shape index (κ3) is 30.0. The van der Waals surface area contributed by atoms with Crippen molar-refractivity contribution in [3.63, 3.8) is 0 Å². The second-order valence-electron chi connectivity index (χ2n) is 25.9. The molecule has 4 aliphatic heterocycles. The highest BCUT2D eigenvalue weighted by molar-refractivity contribution is 8.00. The zero-order valence-corrected chi connectivity index (χ0v) is 59.4. The van der Waals surface area contributed by atoms with Gasteiger partial charge in [-0.15, -0.1) is 0 Å². The third-order valence-corrected chi connectivity index (χ3v) is 20.0. The van der Waals surface area contributed by atoms with Gasteiger partial charge in [-0.05, 0) is 64.9 Å². The summed E-state index contributed by atoms with van der Waals surface area (Å²) in [7, 11) is -3.53. The van der Waals surface area contributed by atoms with Crippen molar-refractivity contribution >= 4 is 122 Å². The number of hydrogen-bond acceptors (Lipinski definition) is 19. The fourth-order valence-corrected chi connectivity index (χ4v) is 13.2. The number of likely N-dealkylation sites (tertiary alicyclic amines) is 4. The van der Waals surface area contributed by atoms with Gasteiger partial charge in [0.1, 0.15) is 11.0 Å². The van der Waals surface area contributed by atoms with Gasteiger partial charge in [0.15, 0.2) is 15.6 Å². The van der Waals surface area contributed by atoms with Crippen molar-refractivity contribution in [1.29, 1.82) is 0 Å². The molecule has 26 nitrogen and oxygen atoms in total. The summed E-state index contributed by atoms with van der Waals surface area (Å²) >= 11 is 3.44. The number of rotatable bonds is 39. The van der Waals surface area contributed by atoms with E-state index < -0.39 is 32.8 Å². The normalized spacial score (nSPS) is 18.7. The van der Waals surface area contributed by atoms with Crippen LogP contribution < -0.4 is 26.6 Å². The molecule has 4 rings (SSSR count). The van der Waals surface area contributed by atoms with Gasteiger partial charge in [-0.2, -0.15) is 23.5 Å². The van der Waals surface area contributed by atoms with Crippen molar-refractivity contribution in [1.82, 2.24) is 46.2 Å². The van der Waals surface area contributed by atoms with Gasteiger partial charge in [0.2, 0.25) is 76.8 Å². The van der Waals surface area contributed by atoms with Gasteiger partial charge in [-0.1, -0.05) is 83.1 Å². The number of carbonyl (C=O) groups excluding carboxylic acids is 15. The lowest BCUT2D eigenvalue weighted by molar-refractivity contribution is -0.141. The van der Waals surface area contributed by atoms with E-state index in [4.69, 9.17) is 0 Å². The first-order chi connectivity index (χ1) is 43.5. The van der Waals surface area contributed by atoms with Crippen LogP contribution in [0.25, 0.3) is 0 Å². The van der Waals surface area contributed by atoms with Gasteiger partial charge in [0, 0.05) is 153 Å². The number of ketones is 2. The van der Waals surface area contributed by atoms with Crippen LogP contribution in [-0.4, -0.2) is 209 Å². The van der Waals surface area contributed by atoms with Crippen molar-refractivity contribution in [2.24, 2.45) is 47.3 Å². The lowest BCUT2D eigenvalue weighted by Gasteiger charge is -2.19. The average molecular weight is 1370 g/mol. The van der Waals surface area contributed by atoms with Gasteiger partial charge < -0.3 is 26.6 Å². The number of carbonyl (C=O) groups is 15. The number of amides is 13. The molecule has 4 aliphatic rings. The summed E-state index contributed by atoms with van der Waals surface area (Å²) < 4.78 is 23.8. The molecule has 0 aromatic carbocycles. The van der Waals surface area contributed by atoms with Crippen LogP contribution in [0.3, 0.4) is 0 Å². The Balaban J connectivity index is 0.000000519. The van der Waals surface area contributed by atoms with Crippen molar-refractivity contribution in [2.45, 2.75) is 189 Å². The molecule has 0 aliphatic carbocycles. The Morgan fingerprint density at radius 3 is 1.14 bits per heavy atom. The zero-order valence-electron chi connectivity index (χ0n) is 57.0. The van der Waals surface area contributed by atoms with Crippen LogP contribution in [0.5, 0.6) is 0 Å². The third-order valence-electron chi connectivity index (χ3n) is 16.2. The molecule has 4 saturated heterocycles. The van der Waals surface area contributed by atoms with E-state index in [-0.39, 0.29) is 235 Å². The van der Waals surface area contributed by atoms with Crippen LogP contribution in [0, 0.1) is 47.3 Å². The molecule has 0 saturated carbocycles. The highest BCUT2D eigenvalue weighted by Gasteiger charge is 2.43. The first-order valence-corrected chi connectivity index (χ1v) is 36.7. The Labute approximate surface area is 558 Å². The number of imide groups is 4. The maximum absolute atomic E-state index is 12.3. The molecule has 5 atom stereocenters. The lowest BCUT2D eigenvalue weighted by atomic mass is 9.94. The maximum atomic E-state index is 12.3. The molecule has 0 aromatic heterocycles. The van der Waals surface area contributed by atoms with E-state index in [9.17, 15) is 80.3 Å². The molecule has 5 unspecified atom stereocenters. The smallest absolute Gasteiger partial charge is 0.238 e. The van der Waals surface area contributed by atoms with Crippen molar-refractivity contribution in [3.8, 4) is 0 Å². The van der Waals surface area contributed by atoms with Gasteiger partial charge >= 0.3 is 0 Å². The van der Waals surface area contributed by atoms with Crippen molar-refractivity contribution in [3.05, 3.63) is 0 Å². The number of nitrogens with one attached hydrogen (secondary N) is 5. The van der Waals surface area contributed by atoms with Crippen molar-refractivity contribution < 1.29 is 80.3 Å². The van der Waals surface area contributed by atoms with Gasteiger partial charge in [0.05, 0.1) is 6.54 Å². The summed E-state index contributed by atoms with van der Waals surface area (Å²) in [6.07, 6.45) is 3.60. The van der Waals surface area contributed by atoms with E-state index in [0.717, 1.165) is 23.3 Å². The second-order valence-corrected chi connectivity index (χ2v) is 31.4. The van der Waals surface area contributed by atoms with Crippen LogP contribution in [0.4, 0.5) is 0 Å². The first-order valence-electron chi connectivity index (χ1n) is 32.6. The van der Waals surface area contributed by atoms with Crippen LogP contribution in [-0.2, 0) is 81.8 Å². The molecule has 0 radical (unpaired) electrons. The molecule has 0 aromatic rings. The second kappa shape index (κ2) is 41.7. The van der Waals surface area contributed by atoms with Crippen LogP contribution in [0.2, 0.25) is 0 Å². The maximum Gasteiger partial charge on any atom is 0.238 e. The molecule has 5 N–H and O–H groups in total. The Morgan fingerprint density at radius 1 is 0.409 bits per heavy atom. The highest BCUT2D eigenvalue weighted by atomic mass is 32.2. The number of thioether (sulfide) groups is 2. The Kier molecular flexibility index (Phi) is 37.2. The number of hydrogen-bond donors (Lipinski definition) is 5. The quantitative estimate of drug-likeness (QED) is 0.0435. The van der Waals surface area contributed by atoms with E-state index in [2.05, 4.69) is 40.4 Å². The summed E-state index contributed by atoms with van der Waals surface area (Å²) in [6.45, 7) is 24.5. The predicted molar refractivity (Wildman–Crippen MR) is 354 cm³/mol. The Morgan fingerprint density at radius 2 is 0.753 bits per heavy atom. The van der Waals surface area contributed by atoms with Gasteiger partial charge in [-0.25, -0.2) is 8.42 Å². The lowest BCUT2D eigenvalue weighted by Crippen LogP contribution is -2.44. The van der Waals surface area contributed by atoms with Crippen LogP contribution >= 0.6 is 23.5 Å². The summed E-state index contributed by atoms with van der Waals surface area (Å²) in [4.78, 5) is 186. The minimum Gasteiger partial charge on any atom is -0.356 e. The standard InChI is InChI=1S/C31H47N5O9.C17H30N2O5S2.C16H28N2O3S/c1-19(2)23-16-28(42)35(30(23)44)14-5-6-21(37)7-9-26(40)34-18-22(38)8-10-25(39)32-12-11-27(41)33-13-15-36-29(43)17-24(20(3)4)31(36)45;1-11(2)13-10-15(20)19(17(13)22)8-7-18-16(21)14(26(5,23)24)6-9-25-12(3)4;1-11(2)13-10-15(20)18(16(13)21)8-7-17-14(19)6-5-9-22-12(3)4/h19-20,23-24H,5-18H2,1-4H3,(H,32,39)(H,33,41)(H,34,40);11-14H,6-10H2,1-5H3,(H,18,21);11-13H,5-10H2,1-4H3,(H,17,19). The predicted octanol–water partition coefficient (Wildman–Crippen LogP) is 3.40. The Bertz CT molecular complexity index is 2760. The highest BCUT2D eigenvalue weighted by Crippen LogP contribution is 2.29. The minimum atomic E-state index is -3.53. The summed E-state index contributed by atoms with van der Waals surface area (Å²) in [5.74, 6) is -3.17. The number of sulfone groups is 1. The summed E-state index contributed by atoms with van der Waals surface area (Å²) in [6, 6.07) is 0. The average Bonchev–Trinajstić information content (AvgIpc) is 1.85. The van der Waals surface area contributed by atoms with Crippen molar-refractivity contribution in [2.75, 3.05) is 76.7 Å². The molecule has 13 amide bonds. The van der Waals surface area contributed by atoms with Gasteiger partial charge in [-0.3, -0.25) is 91.5 Å². The number of Topliss-reactive ketones (excluding diaryl/α,β-unsaturated/α-hetero) is 2. The molecular weight excluding hydrogens is 1260 g/mol. The van der Waals surface area contributed by atoms with E-state index >= 15 is 0 Å². The fraction of sp³-hybridized carbons (Fsp3) is 0.766. The zero-order chi connectivity index (χ0) is 70.4. The molecule has 93 heavy (non-hydrogen) atoms. The van der Waals surface area contributed by atoms with Crippen LogP contribution in [0.15, 0.2) is 0 Å². The largest absolute Gasteiger partial charge is 0.356 e. The molecule has 4 heterocycles. The summed E-state index contributed by atoms with van der Waals surface area (Å²) in [5.41, 5.74) is 0. The van der Waals surface area contributed by atoms with E-state index in [1.165, 1.54) is 14.7 Å². The fourth-order valence-electron chi connectivity index (χ4n) is 10.4. The Hall–Kier alpha value is -6.10. The van der Waals surface area contributed by atoms with Gasteiger partial charge in [0.25, 0.3) is 0 Å². The minimum absolute atomic E-state index is 0.0103. The molecular formula is C64H105N9O17S3. The monoisotopic (exact) mass is 1370 g/mol. The molecule has 526 valence electrons. The van der Waals surface area contributed by atoms with E-state index in [0.29, 0.717) is 42.1 Å². The molecule has 4 fully saturated rings. The van der Waals surface area contributed by atoms with Crippen LogP contribution in [0.1, 0.15) is 173 Å². The first kappa shape index (κ1) is 83.0. The van der Waals surface area contributed by atoms with E-state index in [1.54, 1.807) is 11.8 Å². The van der Waals surface area contributed by atoms with E-state index in [1.807, 2.05) is 81.0 Å². The molecule has 0 bridgehead atoms.